The van der Waals surface area contributed by atoms with Crippen LogP contribution in [0.3, 0.4) is 0 Å². The van der Waals surface area contributed by atoms with Crippen LogP contribution in [0.4, 0.5) is 0 Å². The van der Waals surface area contributed by atoms with Crippen LogP contribution >= 0.6 is 0 Å². The standard InChI is InChI=1S/C15H34N.C2H4O2/c1-5-6-7-8-9-10-11-12-13-14-15-16(2,3)4;1-2(3)4/h5-15H2,1-4H3;1H3,(H,3,4)/q+1;/p-1. The van der Waals surface area contributed by atoms with Crippen molar-refractivity contribution in [2.24, 2.45) is 0 Å². The van der Waals surface area contributed by atoms with Gasteiger partial charge in [0.05, 0.1) is 27.7 Å². The maximum atomic E-state index is 8.89. The fraction of sp³-hybridized carbons (Fsp3) is 0.941. The van der Waals surface area contributed by atoms with E-state index in [1.807, 2.05) is 0 Å². The third kappa shape index (κ3) is 30.5. The molecule has 0 bridgehead atoms. The first-order chi connectivity index (χ1) is 9.29. The highest BCUT2D eigenvalue weighted by atomic mass is 16.4. The number of nitrogens with zero attached hydrogens (tertiary/aromatic N) is 1. The summed E-state index contributed by atoms with van der Waals surface area (Å²) in [6.07, 6.45) is 14.4. The fourth-order valence-electron chi connectivity index (χ4n) is 2.07. The van der Waals surface area contributed by atoms with Gasteiger partial charge in [0.1, 0.15) is 0 Å². The smallest absolute Gasteiger partial charge is 0.0780 e. The van der Waals surface area contributed by atoms with Gasteiger partial charge in [0, 0.05) is 5.97 Å². The van der Waals surface area contributed by atoms with Crippen molar-refractivity contribution in [3.63, 3.8) is 0 Å². The highest BCUT2D eigenvalue weighted by molar-refractivity contribution is 5.60. The first-order valence-electron chi connectivity index (χ1n) is 8.27. The zero-order chi connectivity index (χ0) is 15.9. The molecule has 0 radical (unpaired) electrons. The third-order valence-corrected chi connectivity index (χ3v) is 3.18. The Balaban J connectivity index is 0. The van der Waals surface area contributed by atoms with Gasteiger partial charge in [-0.3, -0.25) is 0 Å². The van der Waals surface area contributed by atoms with Gasteiger partial charge < -0.3 is 14.4 Å². The van der Waals surface area contributed by atoms with Crippen LogP contribution in [0.5, 0.6) is 0 Å². The van der Waals surface area contributed by atoms with Crippen molar-refractivity contribution in [3.8, 4) is 0 Å². The zero-order valence-corrected chi connectivity index (χ0v) is 14.5. The number of hydrogen-bond acceptors (Lipinski definition) is 2. The van der Waals surface area contributed by atoms with Crippen LogP contribution in [0.2, 0.25) is 0 Å². The molecule has 0 amide bonds. The summed E-state index contributed by atoms with van der Waals surface area (Å²) in [5.74, 6) is -1.08. The van der Waals surface area contributed by atoms with Crippen molar-refractivity contribution in [2.75, 3.05) is 27.7 Å². The summed E-state index contributed by atoms with van der Waals surface area (Å²) in [6.45, 7) is 4.59. The van der Waals surface area contributed by atoms with E-state index in [2.05, 4.69) is 28.1 Å². The Morgan fingerprint density at radius 3 is 1.40 bits per heavy atom. The minimum Gasteiger partial charge on any atom is -0.550 e. The number of quaternary nitrogens is 1. The van der Waals surface area contributed by atoms with E-state index in [0.717, 1.165) is 11.4 Å². The molecule has 0 saturated heterocycles. The number of hydrogen-bond donors (Lipinski definition) is 0. The van der Waals surface area contributed by atoms with Gasteiger partial charge in [-0.25, -0.2) is 0 Å². The zero-order valence-electron chi connectivity index (χ0n) is 14.5. The quantitative estimate of drug-likeness (QED) is 0.432. The molecular formula is C17H37NO2. The van der Waals surface area contributed by atoms with Gasteiger partial charge in [0.15, 0.2) is 0 Å². The van der Waals surface area contributed by atoms with E-state index in [4.69, 9.17) is 9.90 Å². The molecular weight excluding hydrogens is 250 g/mol. The van der Waals surface area contributed by atoms with Gasteiger partial charge in [0.25, 0.3) is 0 Å². The van der Waals surface area contributed by atoms with Crippen LogP contribution in [-0.4, -0.2) is 38.1 Å². The van der Waals surface area contributed by atoms with Crippen molar-refractivity contribution in [1.82, 2.24) is 0 Å². The van der Waals surface area contributed by atoms with E-state index in [1.54, 1.807) is 0 Å². The summed E-state index contributed by atoms with van der Waals surface area (Å²) < 4.78 is 1.12. The summed E-state index contributed by atoms with van der Waals surface area (Å²) in [6, 6.07) is 0. The predicted octanol–water partition coefficient (Wildman–Crippen LogP) is 3.37. The molecule has 3 heteroatoms. The second-order valence-corrected chi connectivity index (χ2v) is 6.69. The molecule has 0 atom stereocenters. The Morgan fingerprint density at radius 2 is 1.10 bits per heavy atom. The van der Waals surface area contributed by atoms with Crippen molar-refractivity contribution < 1.29 is 14.4 Å². The SMILES string of the molecule is CC(=O)[O-].CCCCCCCCCCCC[N+](C)(C)C. The molecule has 0 aromatic rings. The lowest BCUT2D eigenvalue weighted by atomic mass is 10.1. The number of aliphatic carboxylic acids is 1. The van der Waals surface area contributed by atoms with Gasteiger partial charge in [0.2, 0.25) is 0 Å². The largest absolute Gasteiger partial charge is 0.550 e. The number of carbonyl (C=O) groups is 1. The number of carbonyl (C=O) groups excluding carboxylic acids is 1. The molecule has 0 saturated carbocycles. The van der Waals surface area contributed by atoms with E-state index in [-0.39, 0.29) is 0 Å². The van der Waals surface area contributed by atoms with Crippen LogP contribution in [0.1, 0.15) is 78.1 Å². The van der Waals surface area contributed by atoms with Crippen LogP contribution in [-0.2, 0) is 4.79 Å². The molecule has 0 N–H and O–H groups in total. The van der Waals surface area contributed by atoms with Crippen LogP contribution < -0.4 is 5.11 Å². The summed E-state index contributed by atoms with van der Waals surface area (Å²) in [5, 5.41) is 8.89. The molecule has 0 aliphatic heterocycles. The van der Waals surface area contributed by atoms with Crippen molar-refractivity contribution in [3.05, 3.63) is 0 Å². The average Bonchev–Trinajstić information content (AvgIpc) is 2.29. The van der Waals surface area contributed by atoms with Gasteiger partial charge in [-0.05, 0) is 19.8 Å². The maximum absolute atomic E-state index is 8.89. The molecule has 0 rings (SSSR count). The lowest BCUT2D eigenvalue weighted by molar-refractivity contribution is -0.870. The van der Waals surface area contributed by atoms with Crippen molar-refractivity contribution in [2.45, 2.75) is 78.1 Å². The molecule has 0 fully saturated rings. The number of rotatable bonds is 11. The monoisotopic (exact) mass is 287 g/mol. The van der Waals surface area contributed by atoms with Crippen LogP contribution in [0.25, 0.3) is 0 Å². The topological polar surface area (TPSA) is 40.1 Å². The Bertz CT molecular complexity index is 206. The molecule has 0 unspecified atom stereocenters. The Hall–Kier alpha value is -0.570. The van der Waals surface area contributed by atoms with Crippen LogP contribution in [0.15, 0.2) is 0 Å². The van der Waals surface area contributed by atoms with Gasteiger partial charge in [-0.2, -0.15) is 0 Å². The fourth-order valence-corrected chi connectivity index (χ4v) is 2.07. The Labute approximate surface area is 127 Å². The summed E-state index contributed by atoms with van der Waals surface area (Å²) in [5.41, 5.74) is 0. The molecule has 0 aromatic heterocycles. The predicted molar refractivity (Wildman–Crippen MR) is 85.4 cm³/mol. The molecule has 0 heterocycles. The van der Waals surface area contributed by atoms with E-state index in [1.165, 1.54) is 70.8 Å². The third-order valence-electron chi connectivity index (χ3n) is 3.18. The molecule has 3 nitrogen and oxygen atoms in total. The Morgan fingerprint density at radius 1 is 0.800 bits per heavy atom. The highest BCUT2D eigenvalue weighted by Crippen LogP contribution is 2.10. The number of unbranched alkanes of at least 4 members (excludes halogenated alkanes) is 9. The van der Waals surface area contributed by atoms with Gasteiger partial charge in [-0.15, -0.1) is 0 Å². The van der Waals surface area contributed by atoms with E-state index >= 15 is 0 Å². The van der Waals surface area contributed by atoms with Crippen LogP contribution in [0, 0.1) is 0 Å². The molecule has 122 valence electrons. The minimum atomic E-state index is -1.08. The number of carboxylic acid groups (broad SMARTS) is 1. The summed E-state index contributed by atoms with van der Waals surface area (Å²) in [4.78, 5) is 8.89. The Kier molecular flexibility index (Phi) is 16.1. The lowest BCUT2D eigenvalue weighted by Crippen LogP contribution is -2.35. The summed E-state index contributed by atoms with van der Waals surface area (Å²) in [7, 11) is 6.86. The summed E-state index contributed by atoms with van der Waals surface area (Å²) >= 11 is 0. The molecule has 0 aliphatic carbocycles. The van der Waals surface area contributed by atoms with Gasteiger partial charge in [-0.1, -0.05) is 58.3 Å². The second-order valence-electron chi connectivity index (χ2n) is 6.69. The van der Waals surface area contributed by atoms with E-state index < -0.39 is 5.97 Å². The molecule has 0 aliphatic rings. The molecule has 0 spiro atoms. The number of carboxylic acids is 1. The van der Waals surface area contributed by atoms with Gasteiger partial charge >= 0.3 is 0 Å². The van der Waals surface area contributed by atoms with Crippen molar-refractivity contribution >= 4 is 5.97 Å². The normalized spacial score (nSPS) is 10.8. The second kappa shape index (κ2) is 14.8. The lowest BCUT2D eigenvalue weighted by Gasteiger charge is -2.23. The minimum absolute atomic E-state index is 0.972. The average molecular weight is 287 g/mol. The van der Waals surface area contributed by atoms with E-state index in [9.17, 15) is 0 Å². The first kappa shape index (κ1) is 21.7. The molecule has 0 aromatic carbocycles. The molecule has 20 heavy (non-hydrogen) atoms. The van der Waals surface area contributed by atoms with E-state index in [0.29, 0.717) is 0 Å². The maximum Gasteiger partial charge on any atom is 0.0780 e. The first-order valence-corrected chi connectivity index (χ1v) is 8.27. The highest BCUT2D eigenvalue weighted by Gasteiger charge is 2.04. The van der Waals surface area contributed by atoms with Crippen molar-refractivity contribution in [1.29, 1.82) is 0 Å².